The van der Waals surface area contributed by atoms with Crippen LogP contribution in [0.5, 0.6) is 0 Å². The maximum atomic E-state index is 11.6. The van der Waals surface area contributed by atoms with Crippen molar-refractivity contribution in [2.45, 2.75) is 58.8 Å². The Morgan fingerprint density at radius 3 is 2.47 bits per heavy atom. The zero-order valence-electron chi connectivity index (χ0n) is 11.1. The average molecular weight is 236 g/mol. The largest absolute Gasteiger partial charge is 0.355 e. The molecule has 96 valence electrons. The molecule has 0 aromatic rings. The third kappa shape index (κ3) is 4.77. The van der Waals surface area contributed by atoms with Crippen LogP contribution in [0.1, 0.15) is 58.8 Å². The molecule has 0 saturated heterocycles. The van der Waals surface area contributed by atoms with Gasteiger partial charge in [-0.3, -0.25) is 4.79 Å². The third-order valence-electron chi connectivity index (χ3n) is 3.39. The van der Waals surface area contributed by atoms with E-state index >= 15 is 0 Å². The molecule has 3 nitrogen and oxygen atoms in total. The Morgan fingerprint density at radius 2 is 1.94 bits per heavy atom. The van der Waals surface area contributed by atoms with Crippen LogP contribution >= 0.6 is 0 Å². The van der Waals surface area contributed by atoms with Crippen LogP contribution in [0.3, 0.4) is 0 Å². The van der Waals surface area contributed by atoms with Crippen molar-refractivity contribution >= 4 is 5.91 Å². The van der Waals surface area contributed by atoms with Crippen molar-refractivity contribution in [3.63, 3.8) is 0 Å². The number of carbonyl (C=O) groups is 1. The van der Waals surface area contributed by atoms with E-state index in [0.717, 1.165) is 31.7 Å². The SMILES string of the molecule is CC(C)CCCCCCNC(=O)C1(C#N)CC1. The van der Waals surface area contributed by atoms with E-state index in [1.54, 1.807) is 0 Å². The lowest BCUT2D eigenvalue weighted by atomic mass is 10.0. The van der Waals surface area contributed by atoms with Gasteiger partial charge in [-0.1, -0.05) is 39.5 Å². The topological polar surface area (TPSA) is 52.9 Å². The van der Waals surface area contributed by atoms with Gasteiger partial charge in [-0.15, -0.1) is 0 Å². The monoisotopic (exact) mass is 236 g/mol. The van der Waals surface area contributed by atoms with Crippen molar-refractivity contribution in [1.82, 2.24) is 5.32 Å². The maximum absolute atomic E-state index is 11.6. The highest BCUT2D eigenvalue weighted by Crippen LogP contribution is 2.44. The molecule has 17 heavy (non-hydrogen) atoms. The van der Waals surface area contributed by atoms with E-state index in [0.29, 0.717) is 0 Å². The van der Waals surface area contributed by atoms with E-state index < -0.39 is 5.41 Å². The van der Waals surface area contributed by atoms with Gasteiger partial charge in [0.05, 0.1) is 6.07 Å². The van der Waals surface area contributed by atoms with Crippen molar-refractivity contribution in [3.05, 3.63) is 0 Å². The highest BCUT2D eigenvalue weighted by Gasteiger charge is 2.50. The van der Waals surface area contributed by atoms with E-state index in [1.165, 1.54) is 25.7 Å². The number of unbranched alkanes of at least 4 members (excludes halogenated alkanes) is 3. The fourth-order valence-corrected chi connectivity index (χ4v) is 1.92. The molecule has 1 amide bonds. The first kappa shape index (κ1) is 14.0. The number of amides is 1. The molecule has 1 aliphatic carbocycles. The van der Waals surface area contributed by atoms with Crippen molar-refractivity contribution in [1.29, 1.82) is 5.26 Å². The van der Waals surface area contributed by atoms with Gasteiger partial charge in [-0.05, 0) is 25.2 Å². The van der Waals surface area contributed by atoms with Crippen LogP contribution in [0.15, 0.2) is 0 Å². The first-order chi connectivity index (χ1) is 8.10. The van der Waals surface area contributed by atoms with Gasteiger partial charge in [-0.2, -0.15) is 5.26 Å². The van der Waals surface area contributed by atoms with Gasteiger partial charge in [0.2, 0.25) is 5.91 Å². The minimum atomic E-state index is -0.655. The lowest BCUT2D eigenvalue weighted by molar-refractivity contribution is -0.124. The molecule has 0 aromatic heterocycles. The normalized spacial score (nSPS) is 16.6. The summed E-state index contributed by atoms with van der Waals surface area (Å²) in [6.45, 7) is 5.22. The summed E-state index contributed by atoms with van der Waals surface area (Å²) in [4.78, 5) is 11.6. The number of nitrogens with one attached hydrogen (secondary N) is 1. The Hall–Kier alpha value is -1.04. The zero-order valence-corrected chi connectivity index (χ0v) is 11.1. The van der Waals surface area contributed by atoms with E-state index in [4.69, 9.17) is 5.26 Å². The fourth-order valence-electron chi connectivity index (χ4n) is 1.92. The smallest absolute Gasteiger partial charge is 0.240 e. The number of nitrogens with zero attached hydrogens (tertiary/aromatic N) is 1. The Kier molecular flexibility index (Phi) is 5.47. The minimum absolute atomic E-state index is 0.0535. The number of rotatable bonds is 8. The molecule has 0 bridgehead atoms. The van der Waals surface area contributed by atoms with E-state index in [1.807, 2.05) is 0 Å². The molecule has 0 atom stereocenters. The Labute approximate surface area is 105 Å². The summed E-state index contributed by atoms with van der Waals surface area (Å²) in [6.07, 6.45) is 7.51. The van der Waals surface area contributed by atoms with Crippen molar-refractivity contribution in [2.75, 3.05) is 6.54 Å². The molecule has 0 radical (unpaired) electrons. The molecule has 1 N–H and O–H groups in total. The summed E-state index contributed by atoms with van der Waals surface area (Å²) < 4.78 is 0. The van der Waals surface area contributed by atoms with Gasteiger partial charge in [0.15, 0.2) is 0 Å². The van der Waals surface area contributed by atoms with Crippen LogP contribution in [0.4, 0.5) is 0 Å². The van der Waals surface area contributed by atoms with Gasteiger partial charge >= 0.3 is 0 Å². The molecule has 1 rings (SSSR count). The molecular weight excluding hydrogens is 212 g/mol. The predicted octanol–water partition coefficient (Wildman–Crippen LogP) is 3.01. The van der Waals surface area contributed by atoms with Crippen LogP contribution in [-0.4, -0.2) is 12.5 Å². The van der Waals surface area contributed by atoms with Crippen LogP contribution in [0.25, 0.3) is 0 Å². The highest BCUT2D eigenvalue weighted by atomic mass is 16.2. The molecule has 1 saturated carbocycles. The van der Waals surface area contributed by atoms with Crippen LogP contribution in [-0.2, 0) is 4.79 Å². The molecule has 1 fully saturated rings. The molecule has 0 unspecified atom stereocenters. The van der Waals surface area contributed by atoms with Gasteiger partial charge in [-0.25, -0.2) is 0 Å². The Balaban J connectivity index is 1.95. The summed E-state index contributed by atoms with van der Waals surface area (Å²) in [7, 11) is 0. The van der Waals surface area contributed by atoms with Crippen LogP contribution < -0.4 is 5.32 Å². The zero-order chi connectivity index (χ0) is 12.7. The summed E-state index contributed by atoms with van der Waals surface area (Å²) >= 11 is 0. The number of hydrogen-bond donors (Lipinski definition) is 1. The number of hydrogen-bond acceptors (Lipinski definition) is 2. The summed E-state index contributed by atoms with van der Waals surface area (Å²) in [5.41, 5.74) is -0.655. The molecular formula is C14H24N2O. The van der Waals surface area contributed by atoms with E-state index in [-0.39, 0.29) is 5.91 Å². The van der Waals surface area contributed by atoms with Gasteiger partial charge in [0.25, 0.3) is 0 Å². The lowest BCUT2D eigenvalue weighted by Gasteiger charge is -2.08. The maximum Gasteiger partial charge on any atom is 0.240 e. The quantitative estimate of drug-likeness (QED) is 0.659. The molecule has 3 heteroatoms. The second-order valence-corrected chi connectivity index (χ2v) is 5.55. The van der Waals surface area contributed by atoms with Crippen molar-refractivity contribution in [3.8, 4) is 6.07 Å². The number of nitriles is 1. The van der Waals surface area contributed by atoms with E-state index in [2.05, 4.69) is 25.2 Å². The van der Waals surface area contributed by atoms with Crippen LogP contribution in [0, 0.1) is 22.7 Å². The first-order valence-electron chi connectivity index (χ1n) is 6.80. The molecule has 1 aliphatic rings. The summed E-state index contributed by atoms with van der Waals surface area (Å²) in [6, 6.07) is 2.11. The molecule has 0 aliphatic heterocycles. The Bertz CT molecular complexity index is 287. The fraction of sp³-hybridized carbons (Fsp3) is 0.857. The molecule has 0 heterocycles. The predicted molar refractivity (Wildman–Crippen MR) is 68.2 cm³/mol. The second kappa shape index (κ2) is 6.64. The standard InChI is InChI=1S/C14H24N2O/c1-12(2)7-5-3-4-6-10-16-13(17)14(11-15)8-9-14/h12H,3-10H2,1-2H3,(H,16,17). The van der Waals surface area contributed by atoms with Crippen LogP contribution in [0.2, 0.25) is 0 Å². The minimum Gasteiger partial charge on any atom is -0.355 e. The number of carbonyl (C=O) groups excluding carboxylic acids is 1. The van der Waals surface area contributed by atoms with Gasteiger partial charge < -0.3 is 5.32 Å². The van der Waals surface area contributed by atoms with Crippen molar-refractivity contribution in [2.24, 2.45) is 11.3 Å². The second-order valence-electron chi connectivity index (χ2n) is 5.55. The lowest BCUT2D eigenvalue weighted by Crippen LogP contribution is -2.31. The molecule has 0 spiro atoms. The Morgan fingerprint density at radius 1 is 1.29 bits per heavy atom. The first-order valence-corrected chi connectivity index (χ1v) is 6.80. The van der Waals surface area contributed by atoms with Gasteiger partial charge in [0.1, 0.15) is 5.41 Å². The summed E-state index contributed by atoms with van der Waals surface area (Å²) in [5.74, 6) is 0.738. The third-order valence-corrected chi connectivity index (χ3v) is 3.39. The van der Waals surface area contributed by atoms with E-state index in [9.17, 15) is 4.79 Å². The van der Waals surface area contributed by atoms with Crippen molar-refractivity contribution < 1.29 is 4.79 Å². The summed E-state index contributed by atoms with van der Waals surface area (Å²) in [5, 5.41) is 11.7. The highest BCUT2D eigenvalue weighted by molar-refractivity contribution is 5.88. The molecule has 0 aromatic carbocycles. The average Bonchev–Trinajstić information content (AvgIpc) is 3.08. The van der Waals surface area contributed by atoms with Gasteiger partial charge in [0, 0.05) is 6.54 Å².